The lowest BCUT2D eigenvalue weighted by molar-refractivity contribution is -0.137. The monoisotopic (exact) mass is 417 g/mol. The summed E-state index contributed by atoms with van der Waals surface area (Å²) in [7, 11) is -4.08. The Morgan fingerprint density at radius 1 is 1.00 bits per heavy atom. The van der Waals surface area contributed by atoms with Gasteiger partial charge in [0.05, 0.1) is 16.2 Å². The maximum Gasteiger partial charge on any atom is 0.416 e. The molecule has 0 aliphatic heterocycles. The summed E-state index contributed by atoms with van der Waals surface area (Å²) in [5.41, 5.74) is -0.500. The minimum Gasteiger partial charge on any atom is -0.293 e. The Morgan fingerprint density at radius 3 is 2.04 bits per heavy atom. The zero-order valence-electron chi connectivity index (χ0n) is 13.9. The van der Waals surface area contributed by atoms with Crippen LogP contribution in [0.4, 0.5) is 18.9 Å². The molecule has 0 spiro atoms. The standard InChI is InChI=1S/C17H14F3NO4S2/c1-11(22)26-10-16(23)12-2-6-14(7-3-12)21-27(24,25)15-8-4-13(5-9-15)17(18,19)20/h2-9,21H,10H2,1H3. The minimum atomic E-state index is -4.56. The van der Waals surface area contributed by atoms with Crippen LogP contribution in [0.1, 0.15) is 22.8 Å². The normalized spacial score (nSPS) is 11.9. The third-order valence-corrected chi connectivity index (χ3v) is 5.57. The summed E-state index contributed by atoms with van der Waals surface area (Å²) < 4.78 is 64.4. The van der Waals surface area contributed by atoms with Gasteiger partial charge in [-0.15, -0.1) is 0 Å². The van der Waals surface area contributed by atoms with Crippen LogP contribution in [-0.2, 0) is 21.0 Å². The van der Waals surface area contributed by atoms with Gasteiger partial charge in [-0.2, -0.15) is 13.2 Å². The molecule has 27 heavy (non-hydrogen) atoms. The van der Waals surface area contributed by atoms with Crippen LogP contribution in [-0.4, -0.2) is 25.1 Å². The number of thioether (sulfide) groups is 1. The number of Topliss-reactive ketones (excluding diaryl/α,β-unsaturated/α-hetero) is 1. The number of carbonyl (C=O) groups excluding carboxylic acids is 2. The van der Waals surface area contributed by atoms with Crippen molar-refractivity contribution in [3.8, 4) is 0 Å². The lowest BCUT2D eigenvalue weighted by Crippen LogP contribution is -2.14. The van der Waals surface area contributed by atoms with Crippen LogP contribution in [0.15, 0.2) is 53.4 Å². The predicted octanol–water partition coefficient (Wildman–Crippen LogP) is 3.97. The predicted molar refractivity (Wildman–Crippen MR) is 96.2 cm³/mol. The summed E-state index contributed by atoms with van der Waals surface area (Å²) in [4.78, 5) is 22.4. The van der Waals surface area contributed by atoms with Gasteiger partial charge in [0.25, 0.3) is 10.0 Å². The number of sulfonamides is 1. The molecule has 2 rings (SSSR count). The molecule has 0 aliphatic rings. The van der Waals surface area contributed by atoms with Crippen molar-refractivity contribution in [1.29, 1.82) is 0 Å². The number of rotatable bonds is 6. The quantitative estimate of drug-likeness (QED) is 0.720. The van der Waals surface area contributed by atoms with E-state index in [9.17, 15) is 31.2 Å². The average molecular weight is 417 g/mol. The molecule has 0 saturated heterocycles. The molecule has 0 radical (unpaired) electrons. The summed E-state index contributed by atoms with van der Waals surface area (Å²) in [6.45, 7) is 1.34. The van der Waals surface area contributed by atoms with Gasteiger partial charge in [-0.3, -0.25) is 14.3 Å². The van der Waals surface area contributed by atoms with Crippen LogP contribution in [0, 0.1) is 0 Å². The van der Waals surface area contributed by atoms with Gasteiger partial charge < -0.3 is 0 Å². The van der Waals surface area contributed by atoms with E-state index in [1.165, 1.54) is 31.2 Å². The molecule has 10 heteroatoms. The van der Waals surface area contributed by atoms with E-state index in [0.29, 0.717) is 17.7 Å². The summed E-state index contributed by atoms with van der Waals surface area (Å²) in [6, 6.07) is 8.60. The number of ketones is 1. The molecule has 144 valence electrons. The van der Waals surface area contributed by atoms with Crippen molar-refractivity contribution in [3.05, 3.63) is 59.7 Å². The number of benzene rings is 2. The van der Waals surface area contributed by atoms with Crippen molar-refractivity contribution in [1.82, 2.24) is 0 Å². The first-order chi connectivity index (χ1) is 12.5. The third-order valence-electron chi connectivity index (χ3n) is 3.36. The Labute approximate surface area is 158 Å². The fourth-order valence-electron chi connectivity index (χ4n) is 2.01. The highest BCUT2D eigenvalue weighted by molar-refractivity contribution is 8.14. The number of alkyl halides is 3. The van der Waals surface area contributed by atoms with E-state index in [-0.39, 0.29) is 27.2 Å². The van der Waals surface area contributed by atoms with Crippen LogP contribution in [0.3, 0.4) is 0 Å². The second kappa shape index (κ2) is 8.13. The van der Waals surface area contributed by atoms with Gasteiger partial charge in [-0.25, -0.2) is 8.42 Å². The fraction of sp³-hybridized carbons (Fsp3) is 0.176. The first kappa shape index (κ1) is 21.0. The van der Waals surface area contributed by atoms with Crippen LogP contribution in [0.25, 0.3) is 0 Å². The molecule has 0 bridgehead atoms. The summed E-state index contributed by atoms with van der Waals surface area (Å²) in [5, 5.41) is -0.190. The van der Waals surface area contributed by atoms with E-state index in [4.69, 9.17) is 0 Å². The first-order valence-corrected chi connectivity index (χ1v) is 9.92. The fourth-order valence-corrected chi connectivity index (χ4v) is 3.57. The van der Waals surface area contributed by atoms with Gasteiger partial charge in [0.1, 0.15) is 0 Å². The molecule has 5 nitrogen and oxygen atoms in total. The SMILES string of the molecule is CC(=O)SCC(=O)c1ccc(NS(=O)(=O)c2ccc(C(F)(F)F)cc2)cc1. The van der Waals surface area contributed by atoms with Crippen LogP contribution in [0.5, 0.6) is 0 Å². The Morgan fingerprint density at radius 2 is 1.56 bits per heavy atom. The highest BCUT2D eigenvalue weighted by atomic mass is 32.2. The van der Waals surface area contributed by atoms with Crippen molar-refractivity contribution in [2.75, 3.05) is 10.5 Å². The van der Waals surface area contributed by atoms with E-state index in [1.54, 1.807) is 0 Å². The molecule has 2 aromatic rings. The molecule has 2 aromatic carbocycles. The molecule has 1 N–H and O–H groups in total. The van der Waals surface area contributed by atoms with Gasteiger partial charge >= 0.3 is 6.18 Å². The zero-order chi connectivity index (χ0) is 20.2. The highest BCUT2D eigenvalue weighted by Gasteiger charge is 2.30. The molecule has 0 heterocycles. The Bertz CT molecular complexity index is 938. The number of halogens is 3. The van der Waals surface area contributed by atoms with E-state index >= 15 is 0 Å². The maximum absolute atomic E-state index is 12.6. The Balaban J connectivity index is 2.11. The van der Waals surface area contributed by atoms with Crippen molar-refractivity contribution in [3.63, 3.8) is 0 Å². The summed E-state index contributed by atoms with van der Waals surface area (Å²) in [5.74, 6) is -0.307. The molecule has 0 aromatic heterocycles. The summed E-state index contributed by atoms with van der Waals surface area (Å²) >= 11 is 0.868. The highest BCUT2D eigenvalue weighted by Crippen LogP contribution is 2.30. The van der Waals surface area contributed by atoms with Crippen molar-refractivity contribution in [2.24, 2.45) is 0 Å². The molecule has 0 fully saturated rings. The molecule has 0 unspecified atom stereocenters. The third kappa shape index (κ3) is 5.83. The average Bonchev–Trinajstić information content (AvgIpc) is 2.59. The smallest absolute Gasteiger partial charge is 0.293 e. The Kier molecular flexibility index (Phi) is 6.32. The Hall–Kier alpha value is -2.33. The second-order valence-corrected chi connectivity index (χ2v) is 8.24. The number of nitrogens with one attached hydrogen (secondary N) is 1. The lowest BCUT2D eigenvalue weighted by Gasteiger charge is -2.10. The number of hydrogen-bond acceptors (Lipinski definition) is 5. The topological polar surface area (TPSA) is 80.3 Å². The van der Waals surface area contributed by atoms with Crippen LogP contribution >= 0.6 is 11.8 Å². The van der Waals surface area contributed by atoms with Crippen LogP contribution in [0.2, 0.25) is 0 Å². The number of carbonyl (C=O) groups is 2. The van der Waals surface area contributed by atoms with Crippen LogP contribution < -0.4 is 4.72 Å². The lowest BCUT2D eigenvalue weighted by atomic mass is 10.1. The molecule has 0 aliphatic carbocycles. The molecular weight excluding hydrogens is 403 g/mol. The van der Waals surface area contributed by atoms with E-state index < -0.39 is 21.8 Å². The molecule has 0 atom stereocenters. The van der Waals surface area contributed by atoms with Crippen molar-refractivity contribution < 1.29 is 31.2 Å². The number of hydrogen-bond donors (Lipinski definition) is 1. The van der Waals surface area contributed by atoms with Gasteiger partial charge in [-0.05, 0) is 48.5 Å². The van der Waals surface area contributed by atoms with Crippen molar-refractivity contribution >= 4 is 38.4 Å². The largest absolute Gasteiger partial charge is 0.416 e. The van der Waals surface area contributed by atoms with E-state index in [1.807, 2.05) is 0 Å². The minimum absolute atomic E-state index is 0.0219. The molecule has 0 amide bonds. The second-order valence-electron chi connectivity index (χ2n) is 5.41. The van der Waals surface area contributed by atoms with Gasteiger partial charge in [0.15, 0.2) is 10.9 Å². The van der Waals surface area contributed by atoms with Gasteiger partial charge in [0, 0.05) is 18.2 Å². The summed E-state index contributed by atoms with van der Waals surface area (Å²) in [6.07, 6.45) is -4.56. The maximum atomic E-state index is 12.6. The first-order valence-electron chi connectivity index (χ1n) is 7.46. The van der Waals surface area contributed by atoms with E-state index in [2.05, 4.69) is 4.72 Å². The van der Waals surface area contributed by atoms with Gasteiger partial charge in [0.2, 0.25) is 0 Å². The number of anilines is 1. The van der Waals surface area contributed by atoms with Crippen molar-refractivity contribution in [2.45, 2.75) is 18.0 Å². The van der Waals surface area contributed by atoms with Gasteiger partial charge in [-0.1, -0.05) is 11.8 Å². The molecule has 0 saturated carbocycles. The zero-order valence-corrected chi connectivity index (χ0v) is 15.5. The molecular formula is C17H14F3NO4S2. The van der Waals surface area contributed by atoms with E-state index in [0.717, 1.165) is 23.9 Å².